The van der Waals surface area contributed by atoms with Crippen LogP contribution in [0.3, 0.4) is 0 Å². The number of rotatable bonds is 5. The summed E-state index contributed by atoms with van der Waals surface area (Å²) in [4.78, 5) is 17.3. The average molecular weight is 455 g/mol. The molecule has 1 aromatic rings. The van der Waals surface area contributed by atoms with Crippen LogP contribution in [0.5, 0.6) is 0 Å². The van der Waals surface area contributed by atoms with Gasteiger partial charge in [0, 0.05) is 28.9 Å². The summed E-state index contributed by atoms with van der Waals surface area (Å²) in [6, 6.07) is 7.97. The number of nitrogens with one attached hydrogen (secondary N) is 1. The minimum Gasteiger partial charge on any atom is -0.325 e. The van der Waals surface area contributed by atoms with Gasteiger partial charge in [0.1, 0.15) is 0 Å². The van der Waals surface area contributed by atoms with Crippen molar-refractivity contribution in [3.05, 3.63) is 27.8 Å². The van der Waals surface area contributed by atoms with E-state index in [1.54, 1.807) is 0 Å². The second kappa shape index (κ2) is 9.88. The van der Waals surface area contributed by atoms with Crippen LogP contribution in [0.25, 0.3) is 0 Å². The van der Waals surface area contributed by atoms with Crippen LogP contribution in [0, 0.1) is 9.49 Å². The predicted molar refractivity (Wildman–Crippen MR) is 112 cm³/mol. The van der Waals surface area contributed by atoms with Crippen molar-refractivity contribution in [1.29, 1.82) is 0 Å². The van der Waals surface area contributed by atoms with E-state index in [1.807, 2.05) is 24.3 Å². The van der Waals surface area contributed by atoms with E-state index in [1.165, 1.54) is 51.6 Å². The van der Waals surface area contributed by atoms with E-state index in [4.69, 9.17) is 0 Å². The first-order valence-corrected chi connectivity index (χ1v) is 10.8. The Balaban J connectivity index is 1.42. The lowest BCUT2D eigenvalue weighted by Crippen LogP contribution is -2.37. The zero-order valence-corrected chi connectivity index (χ0v) is 17.2. The molecule has 1 aromatic carbocycles. The molecule has 1 amide bonds. The molecule has 0 atom stereocenters. The van der Waals surface area contributed by atoms with Crippen molar-refractivity contribution >= 4 is 34.2 Å². The van der Waals surface area contributed by atoms with Gasteiger partial charge in [-0.05, 0) is 79.1 Å². The monoisotopic (exact) mass is 455 g/mol. The average Bonchev–Trinajstić information content (AvgIpc) is 2.81. The minimum atomic E-state index is 0.0998. The lowest BCUT2D eigenvalue weighted by atomic mass is 9.89. The van der Waals surface area contributed by atoms with E-state index in [9.17, 15) is 4.79 Å². The summed E-state index contributed by atoms with van der Waals surface area (Å²) in [6.45, 7) is 6.09. The van der Waals surface area contributed by atoms with Crippen LogP contribution in [0.1, 0.15) is 38.5 Å². The Bertz CT molecular complexity index is 560. The molecule has 0 radical (unpaired) electrons. The molecule has 138 valence electrons. The largest absolute Gasteiger partial charge is 0.325 e. The predicted octanol–water partition coefficient (Wildman–Crippen LogP) is 3.82. The van der Waals surface area contributed by atoms with Gasteiger partial charge in [-0.3, -0.25) is 9.69 Å². The van der Waals surface area contributed by atoms with Gasteiger partial charge >= 0.3 is 0 Å². The quantitative estimate of drug-likeness (QED) is 0.686. The fourth-order valence-corrected chi connectivity index (χ4v) is 4.61. The second-order valence-electron chi connectivity index (χ2n) is 7.49. The molecule has 1 N–H and O–H groups in total. The SMILES string of the molecule is O=C(CN1CCCN(CC2CCCCC2)CC1)Nc1cccc(I)c1. The number of carbonyl (C=O) groups is 1. The van der Waals surface area contributed by atoms with Crippen molar-refractivity contribution in [2.75, 3.05) is 44.6 Å². The third-order valence-corrected chi connectivity index (χ3v) is 6.07. The lowest BCUT2D eigenvalue weighted by Gasteiger charge is -2.28. The van der Waals surface area contributed by atoms with Crippen LogP contribution in [0.2, 0.25) is 0 Å². The summed E-state index contributed by atoms with van der Waals surface area (Å²) in [6.07, 6.45) is 8.27. The summed E-state index contributed by atoms with van der Waals surface area (Å²) >= 11 is 2.27. The molecule has 1 saturated heterocycles. The van der Waals surface area contributed by atoms with Crippen molar-refractivity contribution in [3.63, 3.8) is 0 Å². The summed E-state index contributed by atoms with van der Waals surface area (Å²) in [5.41, 5.74) is 0.894. The number of hydrogen-bond acceptors (Lipinski definition) is 3. The van der Waals surface area contributed by atoms with Gasteiger partial charge in [-0.25, -0.2) is 0 Å². The molecular formula is C20H30IN3O. The zero-order chi connectivity index (χ0) is 17.5. The maximum atomic E-state index is 12.3. The molecule has 0 unspecified atom stereocenters. The van der Waals surface area contributed by atoms with Gasteiger partial charge in [0.15, 0.2) is 0 Å². The number of amides is 1. The highest BCUT2D eigenvalue weighted by Gasteiger charge is 2.21. The molecule has 1 heterocycles. The Hall–Kier alpha value is -0.660. The molecule has 0 aromatic heterocycles. The highest BCUT2D eigenvalue weighted by atomic mass is 127. The maximum absolute atomic E-state index is 12.3. The topological polar surface area (TPSA) is 35.6 Å². The van der Waals surface area contributed by atoms with Gasteiger partial charge in [0.2, 0.25) is 5.91 Å². The molecular weight excluding hydrogens is 425 g/mol. The van der Waals surface area contributed by atoms with E-state index in [-0.39, 0.29) is 5.91 Å². The summed E-state index contributed by atoms with van der Waals surface area (Å²) < 4.78 is 1.14. The first-order chi connectivity index (χ1) is 12.2. The van der Waals surface area contributed by atoms with Gasteiger partial charge in [-0.2, -0.15) is 0 Å². The third kappa shape index (κ3) is 6.53. The fraction of sp³-hybridized carbons (Fsp3) is 0.650. The fourth-order valence-electron chi connectivity index (χ4n) is 4.07. The Morgan fingerprint density at radius 1 is 1.04 bits per heavy atom. The van der Waals surface area contributed by atoms with Gasteiger partial charge in [-0.1, -0.05) is 25.3 Å². The van der Waals surface area contributed by atoms with Gasteiger partial charge in [0.05, 0.1) is 6.54 Å². The second-order valence-corrected chi connectivity index (χ2v) is 8.74. The van der Waals surface area contributed by atoms with Crippen molar-refractivity contribution in [2.24, 2.45) is 5.92 Å². The normalized spacial score (nSPS) is 21.0. The van der Waals surface area contributed by atoms with E-state index in [0.717, 1.165) is 34.8 Å². The number of nitrogens with zero attached hydrogens (tertiary/aromatic N) is 2. The van der Waals surface area contributed by atoms with E-state index < -0.39 is 0 Å². The first kappa shape index (κ1) is 19.1. The molecule has 2 fully saturated rings. The third-order valence-electron chi connectivity index (χ3n) is 5.40. The molecule has 5 heteroatoms. The Labute approximate surface area is 165 Å². The first-order valence-electron chi connectivity index (χ1n) is 9.69. The number of hydrogen-bond donors (Lipinski definition) is 1. The lowest BCUT2D eigenvalue weighted by molar-refractivity contribution is -0.117. The van der Waals surface area contributed by atoms with E-state index >= 15 is 0 Å². The highest BCUT2D eigenvalue weighted by molar-refractivity contribution is 14.1. The van der Waals surface area contributed by atoms with Crippen molar-refractivity contribution < 1.29 is 4.79 Å². The summed E-state index contributed by atoms with van der Waals surface area (Å²) in [5, 5.41) is 3.03. The van der Waals surface area contributed by atoms with Gasteiger partial charge in [0.25, 0.3) is 0 Å². The zero-order valence-electron chi connectivity index (χ0n) is 15.1. The number of anilines is 1. The molecule has 0 bridgehead atoms. The van der Waals surface area contributed by atoms with E-state index in [2.05, 4.69) is 37.7 Å². The Morgan fingerprint density at radius 2 is 1.80 bits per heavy atom. The van der Waals surface area contributed by atoms with Crippen molar-refractivity contribution in [1.82, 2.24) is 9.80 Å². The summed E-state index contributed by atoms with van der Waals surface area (Å²) in [5.74, 6) is 1.01. The number of benzene rings is 1. The van der Waals surface area contributed by atoms with Crippen LogP contribution >= 0.6 is 22.6 Å². The van der Waals surface area contributed by atoms with Crippen molar-refractivity contribution in [3.8, 4) is 0 Å². The van der Waals surface area contributed by atoms with Gasteiger partial charge < -0.3 is 10.2 Å². The van der Waals surface area contributed by atoms with Crippen LogP contribution in [0.15, 0.2) is 24.3 Å². The molecule has 1 aliphatic heterocycles. The van der Waals surface area contributed by atoms with Gasteiger partial charge in [-0.15, -0.1) is 0 Å². The molecule has 1 aliphatic carbocycles. The summed E-state index contributed by atoms with van der Waals surface area (Å²) in [7, 11) is 0. The van der Waals surface area contributed by atoms with Crippen LogP contribution < -0.4 is 5.32 Å². The number of carbonyl (C=O) groups excluding carboxylic acids is 1. The molecule has 25 heavy (non-hydrogen) atoms. The molecule has 4 nitrogen and oxygen atoms in total. The maximum Gasteiger partial charge on any atom is 0.238 e. The Kier molecular flexibility index (Phi) is 7.55. The Morgan fingerprint density at radius 3 is 2.60 bits per heavy atom. The molecule has 3 rings (SSSR count). The smallest absolute Gasteiger partial charge is 0.238 e. The van der Waals surface area contributed by atoms with Crippen LogP contribution in [0.4, 0.5) is 5.69 Å². The minimum absolute atomic E-state index is 0.0998. The molecule has 0 spiro atoms. The van der Waals surface area contributed by atoms with Crippen molar-refractivity contribution in [2.45, 2.75) is 38.5 Å². The van der Waals surface area contributed by atoms with E-state index in [0.29, 0.717) is 6.54 Å². The molecule has 1 saturated carbocycles. The number of halogens is 1. The van der Waals surface area contributed by atoms with Crippen LogP contribution in [-0.2, 0) is 4.79 Å². The van der Waals surface area contributed by atoms with Crippen LogP contribution in [-0.4, -0.2) is 55.0 Å². The highest BCUT2D eigenvalue weighted by Crippen LogP contribution is 2.24. The molecule has 2 aliphatic rings. The standard InChI is InChI=1S/C20H30IN3O/c21-18-8-4-9-19(14-18)22-20(25)16-24-11-5-10-23(12-13-24)15-17-6-2-1-3-7-17/h4,8-9,14,17H,1-3,5-7,10-13,15-16H2,(H,22,25).